The predicted molar refractivity (Wildman–Crippen MR) is 105 cm³/mol. The van der Waals surface area contributed by atoms with Gasteiger partial charge in [0.15, 0.2) is 0 Å². The number of nitrogens with one attached hydrogen (secondary N) is 1. The Hall–Kier alpha value is -2.11. The van der Waals surface area contributed by atoms with Crippen molar-refractivity contribution in [3.63, 3.8) is 0 Å². The fraction of sp³-hybridized carbons (Fsp3) is 0.667. The molecule has 0 aromatic carbocycles. The first-order chi connectivity index (χ1) is 13.0. The average Bonchev–Trinajstić information content (AvgIpc) is 2.69. The standard InChI is InChI=1S/C21H32N4O2/c22-18-12-11-15(13-24-18)14-25-20(27)21(19(23)26,16-7-3-1-4-8-16)17-9-5-2-6-10-17/h11-13,16-17H,1-10,14H2,(H2,22,24)(H2,23,26)(H,25,27). The average molecular weight is 373 g/mol. The second-order valence-corrected chi connectivity index (χ2v) is 8.18. The van der Waals surface area contributed by atoms with Gasteiger partial charge in [0, 0.05) is 12.7 Å². The third kappa shape index (κ3) is 4.09. The van der Waals surface area contributed by atoms with Gasteiger partial charge in [-0.2, -0.15) is 0 Å². The predicted octanol–water partition coefficient (Wildman–Crippen LogP) is 2.91. The molecule has 27 heavy (non-hydrogen) atoms. The summed E-state index contributed by atoms with van der Waals surface area (Å²) in [6, 6.07) is 3.56. The third-order valence-corrected chi connectivity index (χ3v) is 6.58. The van der Waals surface area contributed by atoms with Gasteiger partial charge in [0.25, 0.3) is 0 Å². The van der Waals surface area contributed by atoms with Crippen molar-refractivity contribution in [2.75, 3.05) is 5.73 Å². The van der Waals surface area contributed by atoms with E-state index < -0.39 is 11.3 Å². The lowest BCUT2D eigenvalue weighted by Crippen LogP contribution is -2.59. The lowest BCUT2D eigenvalue weighted by atomic mass is 9.57. The number of carbonyl (C=O) groups excluding carboxylic acids is 2. The Balaban J connectivity index is 1.85. The van der Waals surface area contributed by atoms with Gasteiger partial charge in [-0.25, -0.2) is 4.98 Å². The molecule has 2 aliphatic carbocycles. The van der Waals surface area contributed by atoms with E-state index >= 15 is 0 Å². The van der Waals surface area contributed by atoms with Crippen molar-refractivity contribution in [1.82, 2.24) is 10.3 Å². The van der Waals surface area contributed by atoms with Crippen molar-refractivity contribution >= 4 is 17.6 Å². The Labute approximate surface area is 161 Å². The minimum Gasteiger partial charge on any atom is -0.384 e. The molecular weight excluding hydrogens is 340 g/mol. The van der Waals surface area contributed by atoms with Gasteiger partial charge in [-0.3, -0.25) is 9.59 Å². The molecule has 1 aromatic heterocycles. The van der Waals surface area contributed by atoms with Crippen LogP contribution in [0.4, 0.5) is 5.82 Å². The first-order valence-electron chi connectivity index (χ1n) is 10.3. The first-order valence-corrected chi connectivity index (χ1v) is 10.3. The highest BCUT2D eigenvalue weighted by atomic mass is 16.2. The number of hydrogen-bond donors (Lipinski definition) is 3. The van der Waals surface area contributed by atoms with Crippen molar-refractivity contribution in [1.29, 1.82) is 0 Å². The zero-order valence-corrected chi connectivity index (χ0v) is 16.1. The van der Waals surface area contributed by atoms with Crippen LogP contribution in [0.3, 0.4) is 0 Å². The van der Waals surface area contributed by atoms with Crippen LogP contribution in [0.5, 0.6) is 0 Å². The van der Waals surface area contributed by atoms with Gasteiger partial charge < -0.3 is 16.8 Å². The van der Waals surface area contributed by atoms with Crippen molar-refractivity contribution in [2.45, 2.75) is 70.8 Å². The molecule has 2 amide bonds. The number of aromatic nitrogens is 1. The summed E-state index contributed by atoms with van der Waals surface area (Å²) in [6.07, 6.45) is 11.9. The first kappa shape index (κ1) is 19.6. The maximum absolute atomic E-state index is 13.5. The molecule has 0 aliphatic heterocycles. The van der Waals surface area contributed by atoms with E-state index in [1.54, 1.807) is 12.3 Å². The molecular formula is C21H32N4O2. The molecule has 148 valence electrons. The van der Waals surface area contributed by atoms with Crippen molar-refractivity contribution < 1.29 is 9.59 Å². The summed E-state index contributed by atoms with van der Waals surface area (Å²) in [6.45, 7) is 0.334. The third-order valence-electron chi connectivity index (χ3n) is 6.58. The second-order valence-electron chi connectivity index (χ2n) is 8.18. The Kier molecular flexibility index (Phi) is 6.34. The number of hydrogen-bond acceptors (Lipinski definition) is 4. The van der Waals surface area contributed by atoms with Crippen LogP contribution in [0.15, 0.2) is 18.3 Å². The highest BCUT2D eigenvalue weighted by molar-refractivity contribution is 6.05. The van der Waals surface area contributed by atoms with Gasteiger partial charge in [-0.05, 0) is 49.1 Å². The van der Waals surface area contributed by atoms with E-state index in [9.17, 15) is 9.59 Å². The number of pyridine rings is 1. The molecule has 5 N–H and O–H groups in total. The SMILES string of the molecule is NC(=O)C(C(=O)NCc1ccc(N)nc1)(C1CCCCC1)C1CCCCC1. The molecule has 2 saturated carbocycles. The number of nitrogen functional groups attached to an aromatic ring is 1. The topological polar surface area (TPSA) is 111 Å². The summed E-state index contributed by atoms with van der Waals surface area (Å²) in [4.78, 5) is 30.4. The van der Waals surface area contributed by atoms with E-state index in [4.69, 9.17) is 11.5 Å². The van der Waals surface area contributed by atoms with Crippen LogP contribution < -0.4 is 16.8 Å². The van der Waals surface area contributed by atoms with E-state index in [1.165, 1.54) is 12.8 Å². The smallest absolute Gasteiger partial charge is 0.236 e. The quantitative estimate of drug-likeness (QED) is 0.667. The Morgan fingerprint density at radius 1 is 1.00 bits per heavy atom. The molecule has 0 radical (unpaired) electrons. The fourth-order valence-electron chi connectivity index (χ4n) is 5.20. The maximum atomic E-state index is 13.5. The highest BCUT2D eigenvalue weighted by Gasteiger charge is 2.55. The summed E-state index contributed by atoms with van der Waals surface area (Å²) in [5.41, 5.74) is 11.4. The van der Waals surface area contributed by atoms with Crippen LogP contribution >= 0.6 is 0 Å². The number of rotatable bonds is 6. The normalized spacial score (nSPS) is 19.6. The van der Waals surface area contributed by atoms with Gasteiger partial charge >= 0.3 is 0 Å². The summed E-state index contributed by atoms with van der Waals surface area (Å²) >= 11 is 0. The molecule has 0 atom stereocenters. The minimum absolute atomic E-state index is 0.0522. The number of amides is 2. The zero-order chi connectivity index (χ0) is 19.3. The monoisotopic (exact) mass is 372 g/mol. The molecule has 0 bridgehead atoms. The minimum atomic E-state index is -1.08. The number of primary amides is 1. The van der Waals surface area contributed by atoms with Gasteiger partial charge in [0.2, 0.25) is 11.8 Å². The number of nitrogens with zero attached hydrogens (tertiary/aromatic N) is 1. The Morgan fingerprint density at radius 3 is 2.00 bits per heavy atom. The van der Waals surface area contributed by atoms with E-state index in [0.717, 1.165) is 56.9 Å². The fourth-order valence-corrected chi connectivity index (χ4v) is 5.20. The Bertz CT molecular complexity index is 629. The highest BCUT2D eigenvalue weighted by Crippen LogP contribution is 2.49. The van der Waals surface area contributed by atoms with Crippen LogP contribution in [0.25, 0.3) is 0 Å². The molecule has 2 fully saturated rings. The van der Waals surface area contributed by atoms with Gasteiger partial charge in [0.1, 0.15) is 11.2 Å². The summed E-state index contributed by atoms with van der Waals surface area (Å²) in [7, 11) is 0. The van der Waals surface area contributed by atoms with E-state index in [1.807, 2.05) is 6.07 Å². The van der Waals surface area contributed by atoms with E-state index in [-0.39, 0.29) is 17.7 Å². The number of anilines is 1. The summed E-state index contributed by atoms with van der Waals surface area (Å²) < 4.78 is 0. The van der Waals surface area contributed by atoms with Gasteiger partial charge in [-0.15, -0.1) is 0 Å². The molecule has 3 rings (SSSR count). The molecule has 6 heteroatoms. The van der Waals surface area contributed by atoms with Crippen LogP contribution in [0.2, 0.25) is 0 Å². The van der Waals surface area contributed by atoms with Crippen LogP contribution in [0, 0.1) is 17.3 Å². The van der Waals surface area contributed by atoms with E-state index in [2.05, 4.69) is 10.3 Å². The molecule has 2 aliphatic rings. The molecule has 1 aromatic rings. The zero-order valence-electron chi connectivity index (χ0n) is 16.1. The number of carbonyl (C=O) groups is 2. The molecule has 0 spiro atoms. The second kappa shape index (κ2) is 8.72. The van der Waals surface area contributed by atoms with Crippen LogP contribution in [-0.2, 0) is 16.1 Å². The summed E-state index contributed by atoms with van der Waals surface area (Å²) in [5, 5.41) is 3.01. The lowest BCUT2D eigenvalue weighted by molar-refractivity contribution is -0.153. The van der Waals surface area contributed by atoms with E-state index in [0.29, 0.717) is 12.4 Å². The lowest BCUT2D eigenvalue weighted by Gasteiger charge is -2.45. The molecule has 1 heterocycles. The number of nitrogens with two attached hydrogens (primary N) is 2. The molecule has 0 unspecified atom stereocenters. The van der Waals surface area contributed by atoms with Crippen LogP contribution in [-0.4, -0.2) is 16.8 Å². The largest absolute Gasteiger partial charge is 0.384 e. The van der Waals surface area contributed by atoms with Gasteiger partial charge in [-0.1, -0.05) is 44.6 Å². The maximum Gasteiger partial charge on any atom is 0.236 e. The van der Waals surface area contributed by atoms with Gasteiger partial charge in [0.05, 0.1) is 0 Å². The van der Waals surface area contributed by atoms with Crippen molar-refractivity contribution in [2.24, 2.45) is 23.0 Å². The van der Waals surface area contributed by atoms with Crippen molar-refractivity contribution in [3.05, 3.63) is 23.9 Å². The molecule has 6 nitrogen and oxygen atoms in total. The van der Waals surface area contributed by atoms with Crippen molar-refractivity contribution in [3.8, 4) is 0 Å². The summed E-state index contributed by atoms with van der Waals surface area (Å²) in [5.74, 6) is -0.0754. The molecule has 0 saturated heterocycles. The Morgan fingerprint density at radius 2 is 1.56 bits per heavy atom. The van der Waals surface area contributed by atoms with Crippen LogP contribution in [0.1, 0.15) is 69.8 Å².